The Labute approximate surface area is 82.5 Å². The fourth-order valence-electron chi connectivity index (χ4n) is 1.24. The zero-order valence-corrected chi connectivity index (χ0v) is 7.31. The number of imide groups is 1. The molecule has 0 fully saturated rings. The van der Waals surface area contributed by atoms with Crippen molar-refractivity contribution in [1.29, 1.82) is 0 Å². The minimum Gasteiger partial charge on any atom is -0.269 e. The van der Waals surface area contributed by atoms with Crippen molar-refractivity contribution in [3.63, 3.8) is 0 Å². The second-order valence-corrected chi connectivity index (χ2v) is 2.80. The van der Waals surface area contributed by atoms with Crippen LogP contribution in [-0.2, 0) is 9.59 Å². The largest absolute Gasteiger partial charge is 0.269 e. The molecule has 0 aromatic carbocycles. The predicted octanol–water partition coefficient (Wildman–Crippen LogP) is 1.32. The van der Waals surface area contributed by atoms with Crippen LogP contribution in [0.4, 0.5) is 0 Å². The number of nitrogens with zero attached hydrogens (tertiary/aromatic N) is 1. The number of hydrogen-bond acceptors (Lipinski definition) is 2. The van der Waals surface area contributed by atoms with Crippen LogP contribution in [0.2, 0.25) is 0 Å². The highest BCUT2D eigenvalue weighted by Gasteiger charge is 2.25. The maximum Gasteiger partial charge on any atom is 0.258 e. The second kappa shape index (κ2) is 3.32. The van der Waals surface area contributed by atoms with Crippen LogP contribution in [0, 0.1) is 0 Å². The first kappa shape index (κ1) is 8.48. The number of rotatable bonds is 1. The van der Waals surface area contributed by atoms with Crippen molar-refractivity contribution in [2.75, 3.05) is 0 Å². The molecule has 0 unspecified atom stereocenters. The average Bonchev–Trinajstić information content (AvgIpc) is 2.45. The van der Waals surface area contributed by atoms with Gasteiger partial charge in [0.05, 0.1) is 5.70 Å². The Balaban J connectivity index is 0.00000112. The summed E-state index contributed by atoms with van der Waals surface area (Å²) in [6.45, 7) is 0. The van der Waals surface area contributed by atoms with Gasteiger partial charge in [-0.2, -0.15) is 0 Å². The summed E-state index contributed by atoms with van der Waals surface area (Å²) < 4.78 is 0. The lowest BCUT2D eigenvalue weighted by atomic mass is 10.3. The van der Waals surface area contributed by atoms with E-state index in [1.165, 1.54) is 12.2 Å². The Morgan fingerprint density at radius 2 is 1.86 bits per heavy atom. The zero-order chi connectivity index (χ0) is 9.97. The van der Waals surface area contributed by atoms with Crippen LogP contribution in [0.5, 0.6) is 0 Å². The average molecular weight is 187 g/mol. The van der Waals surface area contributed by atoms with E-state index in [4.69, 9.17) is 0 Å². The van der Waals surface area contributed by atoms with E-state index in [1.54, 1.807) is 30.4 Å². The first-order chi connectivity index (χ1) is 6.79. The van der Waals surface area contributed by atoms with Gasteiger partial charge in [0.25, 0.3) is 11.8 Å². The van der Waals surface area contributed by atoms with Crippen LogP contribution < -0.4 is 0 Å². The van der Waals surface area contributed by atoms with Crippen molar-refractivity contribution in [2.45, 2.75) is 0 Å². The summed E-state index contributed by atoms with van der Waals surface area (Å²) in [4.78, 5) is 23.7. The zero-order valence-electron chi connectivity index (χ0n) is 7.31. The van der Waals surface area contributed by atoms with Crippen LogP contribution in [-0.4, -0.2) is 16.7 Å². The Morgan fingerprint density at radius 3 is 2.57 bits per heavy atom. The van der Waals surface area contributed by atoms with Gasteiger partial charge in [0, 0.05) is 19.7 Å². The smallest absolute Gasteiger partial charge is 0.258 e. The Bertz CT molecular complexity index is 433. The quantitative estimate of drug-likeness (QED) is 0.458. The molecule has 0 saturated carbocycles. The predicted molar refractivity (Wildman–Crippen MR) is 53.0 cm³/mol. The molecule has 3 heteroatoms. The molecule has 0 spiro atoms. The highest BCUT2D eigenvalue weighted by atomic mass is 16.2. The Hall–Kier alpha value is -2.12. The van der Waals surface area contributed by atoms with Crippen molar-refractivity contribution < 1.29 is 11.0 Å². The molecular formula is C11H9NO2. The summed E-state index contributed by atoms with van der Waals surface area (Å²) in [5, 5.41) is 0. The van der Waals surface area contributed by atoms with Gasteiger partial charge in [-0.3, -0.25) is 9.59 Å². The molecule has 2 rings (SSSR count). The van der Waals surface area contributed by atoms with E-state index in [0.717, 1.165) is 4.90 Å². The monoisotopic (exact) mass is 187 g/mol. The first-order valence-corrected chi connectivity index (χ1v) is 4.14. The van der Waals surface area contributed by atoms with Crippen LogP contribution in [0.15, 0.2) is 54.0 Å². The van der Waals surface area contributed by atoms with Gasteiger partial charge in [-0.05, 0) is 12.2 Å². The van der Waals surface area contributed by atoms with E-state index in [-0.39, 0.29) is 13.2 Å². The molecule has 1 aliphatic carbocycles. The van der Waals surface area contributed by atoms with E-state index < -0.39 is 0 Å². The molecule has 2 amide bonds. The molecule has 0 saturated heterocycles. The van der Waals surface area contributed by atoms with E-state index in [2.05, 4.69) is 5.73 Å². The van der Waals surface area contributed by atoms with Gasteiger partial charge in [-0.1, -0.05) is 12.2 Å². The maximum absolute atomic E-state index is 11.3. The lowest BCUT2D eigenvalue weighted by Crippen LogP contribution is -2.28. The van der Waals surface area contributed by atoms with Crippen LogP contribution >= 0.6 is 0 Å². The number of carbonyl (C=O) groups is 2. The summed E-state index contributed by atoms with van der Waals surface area (Å²) in [5.74, 6) is -0.621. The fourth-order valence-corrected chi connectivity index (χ4v) is 1.24. The van der Waals surface area contributed by atoms with Crippen molar-refractivity contribution in [1.82, 2.24) is 4.90 Å². The van der Waals surface area contributed by atoms with Gasteiger partial charge in [0.1, 0.15) is 0 Å². The molecule has 70 valence electrons. The molecule has 0 aromatic rings. The molecule has 14 heavy (non-hydrogen) atoms. The number of hydrogen-bond donors (Lipinski definition) is 0. The molecular weight excluding hydrogens is 178 g/mol. The summed E-state index contributed by atoms with van der Waals surface area (Å²) in [7, 11) is 0. The van der Waals surface area contributed by atoms with Gasteiger partial charge in [-0.15, -0.1) is 5.73 Å². The fraction of sp³-hybridized carbons (Fsp3) is 0. The highest BCUT2D eigenvalue weighted by Crippen LogP contribution is 2.14. The third-order valence-corrected chi connectivity index (χ3v) is 1.87. The number of allylic oxidation sites excluding steroid dienone is 4. The Kier molecular flexibility index (Phi) is 2.01. The standard InChI is InChI=1S/C11H7NO2.H2/c13-10-7-8-11(14)12(10)9-5-3-1-2-4-6-9;/h1-3,5-8H;1H. The molecule has 0 atom stereocenters. The highest BCUT2D eigenvalue weighted by molar-refractivity contribution is 6.14. The molecule has 0 N–H and O–H groups in total. The van der Waals surface area contributed by atoms with Gasteiger partial charge in [-0.25, -0.2) is 4.90 Å². The van der Waals surface area contributed by atoms with Crippen LogP contribution in [0.25, 0.3) is 0 Å². The van der Waals surface area contributed by atoms with Gasteiger partial charge >= 0.3 is 0 Å². The second-order valence-electron chi connectivity index (χ2n) is 2.80. The molecule has 1 heterocycles. The van der Waals surface area contributed by atoms with E-state index in [9.17, 15) is 9.59 Å². The summed E-state index contributed by atoms with van der Waals surface area (Å²) in [6.07, 6.45) is 11.1. The SMILES string of the molecule is O=C1C=CC(=O)N1C1=CC=CC=C=C1.[HH]. The molecule has 3 nitrogen and oxygen atoms in total. The number of amides is 2. The lowest BCUT2D eigenvalue weighted by molar-refractivity contribution is -0.134. The maximum atomic E-state index is 11.3. The van der Waals surface area contributed by atoms with Crippen molar-refractivity contribution in [3.8, 4) is 0 Å². The van der Waals surface area contributed by atoms with E-state index in [1.807, 2.05) is 0 Å². The molecule has 0 radical (unpaired) electrons. The van der Waals surface area contributed by atoms with Crippen molar-refractivity contribution in [3.05, 3.63) is 54.0 Å². The lowest BCUT2D eigenvalue weighted by Gasteiger charge is -2.13. The minimum atomic E-state index is -0.311. The van der Waals surface area contributed by atoms with Gasteiger partial charge in [0.15, 0.2) is 0 Å². The normalized spacial score (nSPS) is 19.1. The summed E-state index contributed by atoms with van der Waals surface area (Å²) in [5.41, 5.74) is 3.37. The first-order valence-electron chi connectivity index (χ1n) is 4.14. The topological polar surface area (TPSA) is 37.4 Å². The molecule has 2 aliphatic rings. The molecule has 0 aromatic heterocycles. The summed E-state index contributed by atoms with van der Waals surface area (Å²) >= 11 is 0. The van der Waals surface area contributed by atoms with E-state index in [0.29, 0.717) is 5.70 Å². The molecule has 0 bridgehead atoms. The third-order valence-electron chi connectivity index (χ3n) is 1.87. The molecule has 1 aliphatic heterocycles. The summed E-state index contributed by atoms with van der Waals surface area (Å²) in [6, 6.07) is 0. The Morgan fingerprint density at radius 1 is 1.14 bits per heavy atom. The van der Waals surface area contributed by atoms with E-state index >= 15 is 0 Å². The van der Waals surface area contributed by atoms with Crippen LogP contribution in [0.1, 0.15) is 1.43 Å². The van der Waals surface area contributed by atoms with Gasteiger partial charge < -0.3 is 0 Å². The third kappa shape index (κ3) is 1.37. The van der Waals surface area contributed by atoms with Crippen LogP contribution in [0.3, 0.4) is 0 Å². The van der Waals surface area contributed by atoms with Gasteiger partial charge in [0.2, 0.25) is 0 Å². The van der Waals surface area contributed by atoms with Crippen molar-refractivity contribution in [2.24, 2.45) is 0 Å². The minimum absolute atomic E-state index is 0. The number of carbonyl (C=O) groups excluding carboxylic acids is 2. The van der Waals surface area contributed by atoms with Crippen molar-refractivity contribution >= 4 is 11.8 Å².